The second-order valence-electron chi connectivity index (χ2n) is 8.65. The van der Waals surface area contributed by atoms with Crippen LogP contribution in [0.4, 0.5) is 0 Å². The molecule has 0 aliphatic carbocycles. The molecule has 2 fully saturated rings. The third-order valence-electron chi connectivity index (χ3n) is 6.20. The molecule has 5 atom stereocenters. The van der Waals surface area contributed by atoms with E-state index in [1.807, 2.05) is 30.3 Å². The van der Waals surface area contributed by atoms with E-state index in [9.17, 15) is 15.3 Å². The second-order valence-corrected chi connectivity index (χ2v) is 8.65. The Hall–Kier alpha value is -1.96. The first-order chi connectivity index (χ1) is 15.0. The van der Waals surface area contributed by atoms with Crippen molar-refractivity contribution in [2.75, 3.05) is 19.8 Å². The van der Waals surface area contributed by atoms with Crippen molar-refractivity contribution >= 4 is 0 Å². The zero-order valence-corrected chi connectivity index (χ0v) is 17.9. The first kappa shape index (κ1) is 22.2. The van der Waals surface area contributed by atoms with Crippen molar-refractivity contribution in [2.24, 2.45) is 0 Å². The summed E-state index contributed by atoms with van der Waals surface area (Å²) in [5.41, 5.74) is 4.59. The van der Waals surface area contributed by atoms with Gasteiger partial charge in [0.1, 0.15) is 11.9 Å². The fraction of sp³-hybridized carbons (Fsp3) is 0.520. The molecule has 0 radical (unpaired) electrons. The van der Waals surface area contributed by atoms with Crippen molar-refractivity contribution < 1.29 is 29.5 Å². The van der Waals surface area contributed by atoms with Crippen LogP contribution in [0.1, 0.15) is 47.6 Å². The van der Waals surface area contributed by atoms with Gasteiger partial charge in [-0.2, -0.15) is 0 Å². The van der Waals surface area contributed by atoms with Gasteiger partial charge in [0, 0.05) is 25.9 Å². The molecule has 3 unspecified atom stereocenters. The predicted molar refractivity (Wildman–Crippen MR) is 116 cm³/mol. The normalized spacial score (nSPS) is 29.0. The number of aryl methyl sites for hydroxylation is 1. The van der Waals surface area contributed by atoms with Gasteiger partial charge in [-0.15, -0.1) is 0 Å². The van der Waals surface area contributed by atoms with Crippen molar-refractivity contribution in [3.8, 4) is 5.75 Å². The molecule has 2 aromatic carbocycles. The van der Waals surface area contributed by atoms with Gasteiger partial charge in [-0.1, -0.05) is 30.3 Å². The molecule has 0 amide bonds. The van der Waals surface area contributed by atoms with E-state index in [0.717, 1.165) is 23.3 Å². The van der Waals surface area contributed by atoms with Crippen LogP contribution in [0, 0.1) is 6.92 Å². The van der Waals surface area contributed by atoms with E-state index < -0.39 is 12.2 Å². The summed E-state index contributed by atoms with van der Waals surface area (Å²) in [5, 5.41) is 29.6. The summed E-state index contributed by atoms with van der Waals surface area (Å²) in [7, 11) is 0. The van der Waals surface area contributed by atoms with Crippen LogP contribution < -0.4 is 4.74 Å². The van der Waals surface area contributed by atoms with Crippen LogP contribution in [0.5, 0.6) is 5.75 Å². The average molecular weight is 429 g/mol. The summed E-state index contributed by atoms with van der Waals surface area (Å²) in [6.07, 6.45) is 0.580. The van der Waals surface area contributed by atoms with Crippen LogP contribution in [0.15, 0.2) is 42.5 Å². The molecule has 2 aliphatic rings. The number of aliphatic hydroxyl groups excluding tert-OH is 3. The third kappa shape index (κ3) is 5.64. The SMILES string of the molecule is Cc1ccc([C@H]2CC(O)C[C@@H](CO)O2)cc1Cc1ccc(OC2COCCC2O)cc1. The van der Waals surface area contributed by atoms with Crippen molar-refractivity contribution in [3.05, 3.63) is 64.7 Å². The van der Waals surface area contributed by atoms with Gasteiger partial charge in [-0.05, 0) is 47.7 Å². The minimum atomic E-state index is -0.496. The molecule has 2 heterocycles. The molecule has 3 N–H and O–H groups in total. The van der Waals surface area contributed by atoms with Gasteiger partial charge in [0.2, 0.25) is 0 Å². The topological polar surface area (TPSA) is 88.4 Å². The number of rotatable bonds is 6. The number of aliphatic hydroxyl groups is 3. The minimum absolute atomic E-state index is 0.0787. The summed E-state index contributed by atoms with van der Waals surface area (Å²) < 4.78 is 17.3. The number of hydrogen-bond acceptors (Lipinski definition) is 6. The third-order valence-corrected chi connectivity index (χ3v) is 6.20. The Morgan fingerprint density at radius 2 is 1.87 bits per heavy atom. The van der Waals surface area contributed by atoms with Gasteiger partial charge >= 0.3 is 0 Å². The van der Waals surface area contributed by atoms with Gasteiger partial charge < -0.3 is 29.5 Å². The van der Waals surface area contributed by atoms with Crippen LogP contribution in [0.25, 0.3) is 0 Å². The summed E-state index contributed by atoms with van der Waals surface area (Å²) in [5.74, 6) is 0.725. The molecular formula is C25H32O6. The van der Waals surface area contributed by atoms with E-state index in [1.165, 1.54) is 11.1 Å². The smallest absolute Gasteiger partial charge is 0.148 e. The van der Waals surface area contributed by atoms with Gasteiger partial charge in [0.15, 0.2) is 0 Å². The lowest BCUT2D eigenvalue weighted by atomic mass is 9.92. The second kappa shape index (κ2) is 10.1. The van der Waals surface area contributed by atoms with Gasteiger partial charge in [0.25, 0.3) is 0 Å². The Labute approximate surface area is 183 Å². The van der Waals surface area contributed by atoms with E-state index in [2.05, 4.69) is 19.1 Å². The molecule has 31 heavy (non-hydrogen) atoms. The van der Waals surface area contributed by atoms with Gasteiger partial charge in [-0.3, -0.25) is 0 Å². The van der Waals surface area contributed by atoms with Gasteiger partial charge in [0.05, 0.1) is 37.6 Å². The van der Waals surface area contributed by atoms with Crippen LogP contribution in [0.2, 0.25) is 0 Å². The van der Waals surface area contributed by atoms with Crippen molar-refractivity contribution in [1.82, 2.24) is 0 Å². The molecule has 2 aromatic rings. The minimum Gasteiger partial charge on any atom is -0.485 e. The summed E-state index contributed by atoms with van der Waals surface area (Å²) in [4.78, 5) is 0. The molecule has 2 saturated heterocycles. The maximum Gasteiger partial charge on any atom is 0.148 e. The van der Waals surface area contributed by atoms with E-state index >= 15 is 0 Å². The van der Waals surface area contributed by atoms with Crippen LogP contribution in [-0.4, -0.2) is 59.6 Å². The highest BCUT2D eigenvalue weighted by Gasteiger charge is 2.29. The highest BCUT2D eigenvalue weighted by Crippen LogP contribution is 2.33. The maximum atomic E-state index is 10.1. The number of hydrogen-bond donors (Lipinski definition) is 3. The Kier molecular flexibility index (Phi) is 7.25. The predicted octanol–water partition coefficient (Wildman–Crippen LogP) is 2.69. The molecule has 168 valence electrons. The Morgan fingerprint density at radius 3 is 2.61 bits per heavy atom. The van der Waals surface area contributed by atoms with E-state index in [4.69, 9.17) is 14.2 Å². The summed E-state index contributed by atoms with van der Waals surface area (Å²) in [6, 6.07) is 14.2. The fourth-order valence-corrected chi connectivity index (χ4v) is 4.30. The quantitative estimate of drug-likeness (QED) is 0.656. The fourth-order valence-electron chi connectivity index (χ4n) is 4.30. The Morgan fingerprint density at radius 1 is 1.06 bits per heavy atom. The molecule has 6 nitrogen and oxygen atoms in total. The lowest BCUT2D eigenvalue weighted by Crippen LogP contribution is -2.40. The zero-order valence-electron chi connectivity index (χ0n) is 17.9. The summed E-state index contributed by atoms with van der Waals surface area (Å²) >= 11 is 0. The molecular weight excluding hydrogens is 396 g/mol. The van der Waals surface area contributed by atoms with Crippen molar-refractivity contribution in [3.63, 3.8) is 0 Å². The lowest BCUT2D eigenvalue weighted by molar-refractivity contribution is -0.113. The molecule has 0 aromatic heterocycles. The standard InChI is InChI=1S/C25H32O6/c1-16-2-5-18(24-13-20(27)12-22(14-26)31-24)11-19(16)10-17-3-6-21(7-4-17)30-25-15-29-9-8-23(25)28/h2-7,11,20,22-28H,8-10,12-15H2,1H3/t20?,22-,23?,24+,25?/m0/s1. The van der Waals surface area contributed by atoms with E-state index in [-0.39, 0.29) is 24.9 Å². The molecule has 0 saturated carbocycles. The first-order valence-electron chi connectivity index (χ1n) is 11.1. The van der Waals surface area contributed by atoms with Crippen molar-refractivity contribution in [2.45, 2.75) is 63.1 Å². The lowest BCUT2D eigenvalue weighted by Gasteiger charge is -2.32. The maximum absolute atomic E-state index is 10.1. The largest absolute Gasteiger partial charge is 0.485 e. The van der Waals surface area contributed by atoms with Crippen LogP contribution in [0.3, 0.4) is 0 Å². The van der Waals surface area contributed by atoms with E-state index in [1.54, 1.807) is 0 Å². The molecule has 0 spiro atoms. The average Bonchev–Trinajstić information content (AvgIpc) is 2.77. The monoisotopic (exact) mass is 428 g/mol. The molecule has 2 aliphatic heterocycles. The van der Waals surface area contributed by atoms with Gasteiger partial charge in [-0.25, -0.2) is 0 Å². The molecule has 4 rings (SSSR count). The highest BCUT2D eigenvalue weighted by atomic mass is 16.5. The van der Waals surface area contributed by atoms with Crippen LogP contribution in [-0.2, 0) is 15.9 Å². The number of ether oxygens (including phenoxy) is 3. The molecule has 6 heteroatoms. The Balaban J connectivity index is 1.43. The Bertz CT molecular complexity index is 852. The van der Waals surface area contributed by atoms with Crippen molar-refractivity contribution in [1.29, 1.82) is 0 Å². The zero-order chi connectivity index (χ0) is 21.8. The van der Waals surface area contributed by atoms with E-state index in [0.29, 0.717) is 32.5 Å². The summed E-state index contributed by atoms with van der Waals surface area (Å²) in [6.45, 7) is 2.99. The first-order valence-corrected chi connectivity index (χ1v) is 11.1. The highest BCUT2D eigenvalue weighted by molar-refractivity contribution is 5.38. The molecule has 0 bridgehead atoms. The number of benzene rings is 2. The van der Waals surface area contributed by atoms with Crippen LogP contribution >= 0.6 is 0 Å².